The number of hydrogen-bond acceptors (Lipinski definition) is 4. The summed E-state index contributed by atoms with van der Waals surface area (Å²) in [6.07, 6.45) is 4.63. The molecule has 1 unspecified atom stereocenters. The number of unbranched alkanes of at least 4 members (excludes halogenated alkanes) is 5. The van der Waals surface area contributed by atoms with E-state index in [0.717, 1.165) is 32.1 Å². The Balaban J connectivity index is 3.05. The van der Waals surface area contributed by atoms with Gasteiger partial charge in [-0.15, -0.1) is 0 Å². The Hall–Kier alpha value is -0.930. The number of rotatable bonds is 16. The Kier molecular flexibility index (Phi) is 11.1. The number of methoxy groups -OCH3 is 3. The molecule has 1 aliphatic rings. The van der Waals surface area contributed by atoms with E-state index in [1.807, 2.05) is 6.92 Å². The van der Waals surface area contributed by atoms with Crippen molar-refractivity contribution in [2.75, 3.05) is 27.9 Å². The van der Waals surface area contributed by atoms with Gasteiger partial charge in [0.1, 0.15) is 0 Å². The van der Waals surface area contributed by atoms with E-state index < -0.39 is 60.4 Å². The first-order valence-electron chi connectivity index (χ1n) is 11.7. The zero-order chi connectivity index (χ0) is 29.0. The molecule has 15 heteroatoms. The highest BCUT2D eigenvalue weighted by molar-refractivity contribution is 5.23. The fraction of sp³-hybridized carbons (Fsp3) is 1.00. The fourth-order valence-electron chi connectivity index (χ4n) is 4.34. The minimum atomic E-state index is -7.27. The van der Waals surface area contributed by atoms with E-state index in [0.29, 0.717) is 12.8 Å². The second kappa shape index (κ2) is 12.1. The fourth-order valence-corrected chi connectivity index (χ4v) is 4.34. The maximum absolute atomic E-state index is 14.7. The third-order valence-electron chi connectivity index (χ3n) is 6.64. The standard InChI is InChI=1S/C22H33F11O4/c1-5-6-7-8-9-10-12-15(16(34-2,35-3)36-4)13-11-14-37-22(33)20(29,30)18(25,26)17(23,24)19(27,28)21(22,31)32/h15H,5-14H2,1-4H3. The first-order valence-corrected chi connectivity index (χ1v) is 11.7. The van der Waals surface area contributed by atoms with Gasteiger partial charge in [-0.1, -0.05) is 45.4 Å². The molecule has 1 fully saturated rings. The molecule has 0 radical (unpaired) electrons. The van der Waals surface area contributed by atoms with Crippen LogP contribution in [-0.2, 0) is 18.9 Å². The van der Waals surface area contributed by atoms with E-state index in [1.54, 1.807) is 0 Å². The summed E-state index contributed by atoms with van der Waals surface area (Å²) in [6.45, 7) is 0.496. The predicted molar refractivity (Wildman–Crippen MR) is 109 cm³/mol. The van der Waals surface area contributed by atoms with Crippen LogP contribution in [0.5, 0.6) is 0 Å². The van der Waals surface area contributed by atoms with Crippen molar-refractivity contribution in [3.8, 4) is 0 Å². The summed E-state index contributed by atoms with van der Waals surface area (Å²) in [6, 6.07) is 0. The van der Waals surface area contributed by atoms with Crippen molar-refractivity contribution < 1.29 is 67.2 Å². The summed E-state index contributed by atoms with van der Waals surface area (Å²) < 4.78 is 171. The highest BCUT2D eigenvalue weighted by Gasteiger charge is 3.02. The molecule has 0 aromatic carbocycles. The molecular formula is C22H33F11O4. The smallest absolute Gasteiger partial charge is 0.336 e. The average Bonchev–Trinajstić information content (AvgIpc) is 2.83. The molecule has 1 aliphatic carbocycles. The molecule has 37 heavy (non-hydrogen) atoms. The van der Waals surface area contributed by atoms with Crippen LogP contribution < -0.4 is 0 Å². The van der Waals surface area contributed by atoms with Crippen LogP contribution in [0.2, 0.25) is 0 Å². The van der Waals surface area contributed by atoms with E-state index >= 15 is 0 Å². The first-order chi connectivity index (χ1) is 16.8. The molecule has 0 amide bonds. The van der Waals surface area contributed by atoms with Crippen molar-refractivity contribution in [1.82, 2.24) is 0 Å². The number of halogens is 11. The summed E-state index contributed by atoms with van der Waals surface area (Å²) >= 11 is 0. The molecule has 4 nitrogen and oxygen atoms in total. The molecule has 1 saturated carbocycles. The van der Waals surface area contributed by atoms with Crippen LogP contribution in [0, 0.1) is 5.92 Å². The third-order valence-corrected chi connectivity index (χ3v) is 6.64. The van der Waals surface area contributed by atoms with Gasteiger partial charge in [0, 0.05) is 27.2 Å². The zero-order valence-electron chi connectivity index (χ0n) is 20.9. The molecule has 1 rings (SSSR count). The first kappa shape index (κ1) is 34.1. The van der Waals surface area contributed by atoms with Gasteiger partial charge in [-0.3, -0.25) is 0 Å². The molecule has 0 aromatic heterocycles. The van der Waals surface area contributed by atoms with E-state index in [1.165, 1.54) is 21.3 Å². The quantitative estimate of drug-likeness (QED) is 0.109. The lowest BCUT2D eigenvalue weighted by molar-refractivity contribution is -0.524. The van der Waals surface area contributed by atoms with Crippen molar-refractivity contribution in [3.05, 3.63) is 0 Å². The van der Waals surface area contributed by atoms with E-state index in [9.17, 15) is 48.3 Å². The zero-order valence-corrected chi connectivity index (χ0v) is 20.9. The highest BCUT2D eigenvalue weighted by atomic mass is 19.4. The van der Waals surface area contributed by atoms with Crippen molar-refractivity contribution >= 4 is 0 Å². The SMILES string of the molecule is CCCCCCCCC(CCCOC1(F)C(F)(F)C(F)(F)C(F)(F)C(F)(F)C1(F)F)C(OC)(OC)OC. The topological polar surface area (TPSA) is 36.9 Å². The Bertz CT molecular complexity index is 676. The molecule has 0 spiro atoms. The van der Waals surface area contributed by atoms with Gasteiger partial charge in [-0.05, 0) is 19.3 Å². The van der Waals surface area contributed by atoms with E-state index in [-0.39, 0.29) is 6.42 Å². The normalized spacial score (nSPS) is 24.1. The highest BCUT2D eigenvalue weighted by Crippen LogP contribution is 2.69. The van der Waals surface area contributed by atoms with Crippen LogP contribution in [-0.4, -0.2) is 69.4 Å². The summed E-state index contributed by atoms with van der Waals surface area (Å²) in [5.74, 6) is -44.6. The maximum Gasteiger partial charge on any atom is 0.384 e. The van der Waals surface area contributed by atoms with Gasteiger partial charge in [0.25, 0.3) is 5.97 Å². The van der Waals surface area contributed by atoms with Crippen LogP contribution in [0.25, 0.3) is 0 Å². The van der Waals surface area contributed by atoms with Crippen molar-refractivity contribution in [2.24, 2.45) is 5.92 Å². The van der Waals surface area contributed by atoms with Crippen molar-refractivity contribution in [1.29, 1.82) is 0 Å². The van der Waals surface area contributed by atoms with Crippen molar-refractivity contribution in [2.45, 2.75) is 106 Å². The molecule has 0 heterocycles. The minimum Gasteiger partial charge on any atom is -0.336 e. The summed E-state index contributed by atoms with van der Waals surface area (Å²) in [7, 11) is 3.59. The lowest BCUT2D eigenvalue weighted by Crippen LogP contribution is -2.84. The lowest BCUT2D eigenvalue weighted by Gasteiger charge is -2.51. The number of hydrogen-bond donors (Lipinski definition) is 0. The van der Waals surface area contributed by atoms with Gasteiger partial charge in [0.05, 0.1) is 6.61 Å². The lowest BCUT2D eigenvalue weighted by atomic mass is 9.78. The summed E-state index contributed by atoms with van der Waals surface area (Å²) in [4.78, 5) is 0. The molecular weight excluding hydrogens is 537 g/mol. The van der Waals surface area contributed by atoms with Crippen LogP contribution >= 0.6 is 0 Å². The second-order valence-corrected chi connectivity index (χ2v) is 8.93. The number of alkyl halides is 11. The largest absolute Gasteiger partial charge is 0.384 e. The summed E-state index contributed by atoms with van der Waals surface area (Å²) in [5.41, 5.74) is 0. The van der Waals surface area contributed by atoms with Gasteiger partial charge in [-0.2, -0.15) is 48.3 Å². The second-order valence-electron chi connectivity index (χ2n) is 8.93. The molecule has 0 aromatic rings. The molecule has 1 atom stereocenters. The third kappa shape index (κ3) is 5.43. The van der Waals surface area contributed by atoms with Gasteiger partial charge < -0.3 is 18.9 Å². The minimum absolute atomic E-state index is 0.235. The van der Waals surface area contributed by atoms with Crippen molar-refractivity contribution in [3.63, 3.8) is 0 Å². The Labute approximate surface area is 208 Å². The average molecular weight is 570 g/mol. The summed E-state index contributed by atoms with van der Waals surface area (Å²) in [5, 5.41) is 0. The molecule has 0 bridgehead atoms. The van der Waals surface area contributed by atoms with Gasteiger partial charge in [0.15, 0.2) is 0 Å². The van der Waals surface area contributed by atoms with Gasteiger partial charge in [-0.25, -0.2) is 0 Å². The van der Waals surface area contributed by atoms with E-state index in [2.05, 4.69) is 4.74 Å². The van der Waals surface area contributed by atoms with Crippen LogP contribution in [0.15, 0.2) is 0 Å². The number of ether oxygens (including phenoxy) is 4. The van der Waals surface area contributed by atoms with Gasteiger partial charge >= 0.3 is 35.5 Å². The van der Waals surface area contributed by atoms with Gasteiger partial charge in [0.2, 0.25) is 0 Å². The van der Waals surface area contributed by atoms with Crippen LogP contribution in [0.1, 0.15) is 64.7 Å². The monoisotopic (exact) mass is 570 g/mol. The molecule has 0 aliphatic heterocycles. The van der Waals surface area contributed by atoms with Crippen LogP contribution in [0.4, 0.5) is 48.3 Å². The Morgan fingerprint density at radius 1 is 0.541 bits per heavy atom. The Morgan fingerprint density at radius 3 is 1.35 bits per heavy atom. The molecule has 0 N–H and O–H groups in total. The predicted octanol–water partition coefficient (Wildman–Crippen LogP) is 7.60. The van der Waals surface area contributed by atoms with E-state index in [4.69, 9.17) is 14.2 Å². The molecule has 222 valence electrons. The Morgan fingerprint density at radius 2 is 0.919 bits per heavy atom. The van der Waals surface area contributed by atoms with Crippen LogP contribution in [0.3, 0.4) is 0 Å². The maximum atomic E-state index is 14.7. The molecule has 0 saturated heterocycles.